The number of hydrogen-bond acceptors (Lipinski definition) is 3. The Hall–Kier alpha value is -1.49. The molecule has 0 unspecified atom stereocenters. The Kier molecular flexibility index (Phi) is 3.38. The third-order valence-electron chi connectivity index (χ3n) is 2.33. The molecule has 1 aromatic heterocycles. The summed E-state index contributed by atoms with van der Waals surface area (Å²) < 4.78 is 13.6. The standard InChI is InChI=1S/C12H11BrFN3/c1-2-8-6-11(15)17-12(16-8)9-4-3-7(14)5-10(9)13/h3-6H,2H2,1H3,(H2,15,16,17). The van der Waals surface area contributed by atoms with Gasteiger partial charge in [0.25, 0.3) is 0 Å². The Morgan fingerprint density at radius 3 is 2.71 bits per heavy atom. The zero-order valence-electron chi connectivity index (χ0n) is 9.24. The number of aryl methyl sites for hydroxylation is 1. The van der Waals surface area contributed by atoms with E-state index in [4.69, 9.17) is 5.73 Å². The van der Waals surface area contributed by atoms with Gasteiger partial charge >= 0.3 is 0 Å². The lowest BCUT2D eigenvalue weighted by Crippen LogP contribution is -2.00. The number of aromatic nitrogens is 2. The lowest BCUT2D eigenvalue weighted by Gasteiger charge is -2.06. The Balaban J connectivity index is 2.55. The monoisotopic (exact) mass is 295 g/mol. The predicted molar refractivity (Wildman–Crippen MR) is 68.9 cm³/mol. The normalized spacial score (nSPS) is 10.5. The maximum Gasteiger partial charge on any atom is 0.162 e. The molecule has 0 fully saturated rings. The molecule has 0 spiro atoms. The lowest BCUT2D eigenvalue weighted by atomic mass is 10.2. The second-order valence-corrected chi connectivity index (χ2v) is 4.44. The molecule has 0 saturated carbocycles. The summed E-state index contributed by atoms with van der Waals surface area (Å²) in [4.78, 5) is 8.53. The molecule has 0 amide bonds. The zero-order chi connectivity index (χ0) is 12.4. The minimum Gasteiger partial charge on any atom is -0.384 e. The summed E-state index contributed by atoms with van der Waals surface area (Å²) in [7, 11) is 0. The molecule has 0 aliphatic rings. The van der Waals surface area contributed by atoms with Crippen molar-refractivity contribution in [3.8, 4) is 11.4 Å². The summed E-state index contributed by atoms with van der Waals surface area (Å²) in [6, 6.07) is 6.13. The van der Waals surface area contributed by atoms with Crippen LogP contribution < -0.4 is 5.73 Å². The van der Waals surface area contributed by atoms with Gasteiger partial charge in [-0.2, -0.15) is 0 Å². The third kappa shape index (κ3) is 2.61. The first-order valence-electron chi connectivity index (χ1n) is 5.19. The molecule has 0 aliphatic heterocycles. The Bertz CT molecular complexity index is 557. The molecular formula is C12H11BrFN3. The van der Waals surface area contributed by atoms with Gasteiger partial charge in [0.2, 0.25) is 0 Å². The molecule has 5 heteroatoms. The Morgan fingerprint density at radius 2 is 2.06 bits per heavy atom. The number of benzene rings is 1. The molecule has 1 aromatic carbocycles. The van der Waals surface area contributed by atoms with Gasteiger partial charge < -0.3 is 5.73 Å². The van der Waals surface area contributed by atoms with E-state index in [0.717, 1.165) is 17.7 Å². The van der Waals surface area contributed by atoms with Crippen LogP contribution in [-0.2, 0) is 6.42 Å². The maximum absolute atomic E-state index is 13.0. The van der Waals surface area contributed by atoms with Gasteiger partial charge in [0.15, 0.2) is 5.82 Å². The van der Waals surface area contributed by atoms with Crippen molar-refractivity contribution in [1.29, 1.82) is 0 Å². The summed E-state index contributed by atoms with van der Waals surface area (Å²) in [6.45, 7) is 1.99. The molecule has 3 nitrogen and oxygen atoms in total. The van der Waals surface area contributed by atoms with E-state index in [1.165, 1.54) is 12.1 Å². The number of rotatable bonds is 2. The van der Waals surface area contributed by atoms with Crippen molar-refractivity contribution in [2.45, 2.75) is 13.3 Å². The smallest absolute Gasteiger partial charge is 0.162 e. The number of nitrogens with two attached hydrogens (primary N) is 1. The van der Waals surface area contributed by atoms with Crippen molar-refractivity contribution in [2.24, 2.45) is 0 Å². The van der Waals surface area contributed by atoms with Crippen LogP contribution in [0.1, 0.15) is 12.6 Å². The van der Waals surface area contributed by atoms with Crippen molar-refractivity contribution < 1.29 is 4.39 Å². The zero-order valence-corrected chi connectivity index (χ0v) is 10.8. The molecule has 17 heavy (non-hydrogen) atoms. The minimum atomic E-state index is -0.305. The van der Waals surface area contributed by atoms with E-state index in [0.29, 0.717) is 16.1 Å². The maximum atomic E-state index is 13.0. The quantitative estimate of drug-likeness (QED) is 0.926. The van der Waals surface area contributed by atoms with Crippen LogP contribution in [0.3, 0.4) is 0 Å². The van der Waals surface area contributed by atoms with Crippen LogP contribution in [0, 0.1) is 5.82 Å². The first-order valence-corrected chi connectivity index (χ1v) is 5.98. The van der Waals surface area contributed by atoms with Gasteiger partial charge in [-0.05, 0) is 40.5 Å². The van der Waals surface area contributed by atoms with Gasteiger partial charge in [0, 0.05) is 21.8 Å². The van der Waals surface area contributed by atoms with Crippen LogP contribution in [0.15, 0.2) is 28.7 Å². The summed E-state index contributed by atoms with van der Waals surface area (Å²) in [5.41, 5.74) is 7.31. The van der Waals surface area contributed by atoms with E-state index in [1.54, 1.807) is 12.1 Å². The van der Waals surface area contributed by atoms with Crippen LogP contribution in [0.4, 0.5) is 10.2 Å². The molecule has 0 bridgehead atoms. The van der Waals surface area contributed by atoms with Crippen molar-refractivity contribution in [2.75, 3.05) is 5.73 Å². The molecule has 0 radical (unpaired) electrons. The SMILES string of the molecule is CCc1cc(N)nc(-c2ccc(F)cc2Br)n1. The van der Waals surface area contributed by atoms with E-state index in [2.05, 4.69) is 25.9 Å². The van der Waals surface area contributed by atoms with Crippen molar-refractivity contribution in [3.63, 3.8) is 0 Å². The van der Waals surface area contributed by atoms with Crippen molar-refractivity contribution >= 4 is 21.7 Å². The fourth-order valence-electron chi connectivity index (χ4n) is 1.49. The highest BCUT2D eigenvalue weighted by molar-refractivity contribution is 9.10. The fraction of sp³-hybridized carbons (Fsp3) is 0.167. The predicted octanol–water partition coefficient (Wildman–Crippen LogP) is 3.19. The van der Waals surface area contributed by atoms with Crippen LogP contribution >= 0.6 is 15.9 Å². The second kappa shape index (κ2) is 4.79. The number of nitrogen functional groups attached to an aromatic ring is 1. The van der Waals surface area contributed by atoms with Crippen molar-refractivity contribution in [3.05, 3.63) is 40.2 Å². The first-order chi connectivity index (χ1) is 8.10. The second-order valence-electron chi connectivity index (χ2n) is 3.59. The number of anilines is 1. The average Bonchev–Trinajstić information content (AvgIpc) is 2.28. The first kappa shape index (κ1) is 12.0. The Morgan fingerprint density at radius 1 is 1.29 bits per heavy atom. The molecule has 2 N–H and O–H groups in total. The summed E-state index contributed by atoms with van der Waals surface area (Å²) in [5.74, 6) is 0.622. The number of hydrogen-bond donors (Lipinski definition) is 1. The molecular weight excluding hydrogens is 285 g/mol. The largest absolute Gasteiger partial charge is 0.384 e. The van der Waals surface area contributed by atoms with Crippen LogP contribution in [0.25, 0.3) is 11.4 Å². The van der Waals surface area contributed by atoms with Crippen LogP contribution in [0.2, 0.25) is 0 Å². The van der Waals surface area contributed by atoms with E-state index < -0.39 is 0 Å². The van der Waals surface area contributed by atoms with Crippen LogP contribution in [-0.4, -0.2) is 9.97 Å². The van der Waals surface area contributed by atoms with E-state index in [-0.39, 0.29) is 5.82 Å². The van der Waals surface area contributed by atoms with Crippen molar-refractivity contribution in [1.82, 2.24) is 9.97 Å². The highest BCUT2D eigenvalue weighted by Crippen LogP contribution is 2.27. The molecule has 2 aromatic rings. The van der Waals surface area contributed by atoms with Gasteiger partial charge in [0.05, 0.1) is 0 Å². The fourth-order valence-corrected chi connectivity index (χ4v) is 2.02. The highest BCUT2D eigenvalue weighted by Gasteiger charge is 2.09. The summed E-state index contributed by atoms with van der Waals surface area (Å²) >= 11 is 3.29. The van der Waals surface area contributed by atoms with Gasteiger partial charge in [-0.3, -0.25) is 0 Å². The minimum absolute atomic E-state index is 0.305. The Labute approximate surface area is 107 Å². The van der Waals surface area contributed by atoms with Gasteiger partial charge in [0.1, 0.15) is 11.6 Å². The molecule has 0 aliphatic carbocycles. The van der Waals surface area contributed by atoms with E-state index >= 15 is 0 Å². The molecule has 1 heterocycles. The highest BCUT2D eigenvalue weighted by atomic mass is 79.9. The topological polar surface area (TPSA) is 51.8 Å². The van der Waals surface area contributed by atoms with Gasteiger partial charge in [-0.1, -0.05) is 6.92 Å². The molecule has 0 atom stereocenters. The number of halogens is 2. The molecule has 2 rings (SSSR count). The van der Waals surface area contributed by atoms with Gasteiger partial charge in [-0.15, -0.1) is 0 Å². The lowest BCUT2D eigenvalue weighted by molar-refractivity contribution is 0.627. The van der Waals surface area contributed by atoms with E-state index in [9.17, 15) is 4.39 Å². The molecule has 0 saturated heterocycles. The van der Waals surface area contributed by atoms with E-state index in [1.807, 2.05) is 6.92 Å². The summed E-state index contributed by atoms with van der Waals surface area (Å²) in [6.07, 6.45) is 0.776. The summed E-state index contributed by atoms with van der Waals surface area (Å²) in [5, 5.41) is 0. The van der Waals surface area contributed by atoms with Crippen LogP contribution in [0.5, 0.6) is 0 Å². The third-order valence-corrected chi connectivity index (χ3v) is 2.99. The molecule has 88 valence electrons. The van der Waals surface area contributed by atoms with Gasteiger partial charge in [-0.25, -0.2) is 14.4 Å². The number of nitrogens with zero attached hydrogens (tertiary/aromatic N) is 2. The average molecular weight is 296 g/mol.